The van der Waals surface area contributed by atoms with Crippen LogP contribution in [0.1, 0.15) is 42.2 Å². The predicted molar refractivity (Wildman–Crippen MR) is 163 cm³/mol. The summed E-state index contributed by atoms with van der Waals surface area (Å²) in [5.74, 6) is 2.03. The van der Waals surface area contributed by atoms with Crippen molar-refractivity contribution in [3.8, 4) is 5.75 Å². The van der Waals surface area contributed by atoms with Crippen LogP contribution in [0.5, 0.6) is 5.75 Å². The Kier molecular flexibility index (Phi) is 8.05. The summed E-state index contributed by atoms with van der Waals surface area (Å²) in [6, 6.07) is 15.0. The first-order valence-electron chi connectivity index (χ1n) is 14.5. The normalized spacial score (nSPS) is 17.0. The van der Waals surface area contributed by atoms with E-state index in [0.717, 1.165) is 67.5 Å². The Morgan fingerprint density at radius 2 is 1.71 bits per heavy atom. The highest BCUT2D eigenvalue weighted by atomic mass is 32.1. The molecule has 0 N–H and O–H groups in total. The third-order valence-corrected chi connectivity index (χ3v) is 9.59. The highest BCUT2D eigenvalue weighted by Gasteiger charge is 2.28. The van der Waals surface area contributed by atoms with Gasteiger partial charge in [0.1, 0.15) is 28.5 Å². The van der Waals surface area contributed by atoms with Gasteiger partial charge in [-0.25, -0.2) is 14.4 Å². The molecule has 2 aliphatic rings. The molecule has 7 nitrogen and oxygen atoms in total. The van der Waals surface area contributed by atoms with Gasteiger partial charge in [-0.2, -0.15) is 0 Å². The van der Waals surface area contributed by atoms with Crippen molar-refractivity contribution in [2.24, 2.45) is 0 Å². The summed E-state index contributed by atoms with van der Waals surface area (Å²) >= 11 is 1.81. The van der Waals surface area contributed by atoms with E-state index in [-0.39, 0.29) is 18.3 Å². The molecule has 6 rings (SSSR count). The maximum atomic E-state index is 13.4. The van der Waals surface area contributed by atoms with Gasteiger partial charge in [-0.3, -0.25) is 4.79 Å². The van der Waals surface area contributed by atoms with E-state index < -0.39 is 0 Å². The monoisotopic (exact) mass is 573 g/mol. The van der Waals surface area contributed by atoms with Gasteiger partial charge in [-0.05, 0) is 86.6 Å². The molecule has 2 aromatic heterocycles. The first-order chi connectivity index (χ1) is 20.0. The van der Waals surface area contributed by atoms with Gasteiger partial charge in [-0.1, -0.05) is 12.1 Å². The van der Waals surface area contributed by atoms with Gasteiger partial charge >= 0.3 is 0 Å². The van der Waals surface area contributed by atoms with Crippen LogP contribution in [0.25, 0.3) is 10.2 Å². The van der Waals surface area contributed by atoms with E-state index in [4.69, 9.17) is 9.72 Å². The van der Waals surface area contributed by atoms with E-state index in [2.05, 4.69) is 26.9 Å². The van der Waals surface area contributed by atoms with Gasteiger partial charge in [0, 0.05) is 49.8 Å². The number of rotatable bonds is 8. The van der Waals surface area contributed by atoms with Gasteiger partial charge in [0.25, 0.3) is 5.91 Å². The first kappa shape index (κ1) is 27.4. The average molecular weight is 574 g/mol. The topological polar surface area (TPSA) is 61.8 Å². The second-order valence-electron chi connectivity index (χ2n) is 10.7. The molecule has 9 heteroatoms. The number of thiophene rings is 1. The van der Waals surface area contributed by atoms with E-state index in [0.29, 0.717) is 19.0 Å². The minimum Gasteiger partial charge on any atom is -0.484 e. The van der Waals surface area contributed by atoms with Crippen LogP contribution >= 0.6 is 11.3 Å². The maximum absolute atomic E-state index is 13.4. The molecule has 0 spiro atoms. The molecule has 2 aromatic carbocycles. The average Bonchev–Trinajstić information content (AvgIpc) is 3.39. The Hall–Kier alpha value is -3.72. The first-order valence-corrected chi connectivity index (χ1v) is 15.4. The number of likely N-dealkylation sites (N-methyl/N-ethyl adjacent to an activating group) is 1. The van der Waals surface area contributed by atoms with Crippen molar-refractivity contribution in [2.45, 2.75) is 39.0 Å². The maximum Gasteiger partial charge on any atom is 0.260 e. The fourth-order valence-electron chi connectivity index (χ4n) is 6.10. The van der Waals surface area contributed by atoms with E-state index in [1.165, 1.54) is 33.5 Å². The van der Waals surface area contributed by atoms with Crippen molar-refractivity contribution in [1.29, 1.82) is 0 Å². The van der Waals surface area contributed by atoms with Crippen molar-refractivity contribution in [3.05, 3.63) is 76.7 Å². The zero-order chi connectivity index (χ0) is 28.3. The third kappa shape index (κ3) is 5.73. The number of ether oxygens (including phenoxy) is 1. The van der Waals surface area contributed by atoms with Crippen molar-refractivity contribution in [1.82, 2.24) is 14.9 Å². The molecule has 4 aromatic rings. The van der Waals surface area contributed by atoms with Crippen LogP contribution in [-0.4, -0.2) is 66.7 Å². The number of aryl methyl sites for hydroxylation is 1. The zero-order valence-corrected chi connectivity index (χ0v) is 24.5. The van der Waals surface area contributed by atoms with Crippen molar-refractivity contribution < 1.29 is 13.9 Å². The number of anilines is 2. The molecule has 0 bridgehead atoms. The molecule has 1 aliphatic carbocycles. The molecule has 1 atom stereocenters. The largest absolute Gasteiger partial charge is 0.484 e. The molecule has 1 fully saturated rings. The molecule has 1 saturated heterocycles. The van der Waals surface area contributed by atoms with Crippen LogP contribution in [0.2, 0.25) is 0 Å². The van der Waals surface area contributed by atoms with Gasteiger partial charge in [-0.15, -0.1) is 11.3 Å². The lowest BCUT2D eigenvalue weighted by Gasteiger charge is -2.37. The molecule has 1 unspecified atom stereocenters. The molecule has 1 amide bonds. The number of nitrogens with zero attached hydrogens (tertiary/aromatic N) is 5. The Morgan fingerprint density at radius 1 is 1.00 bits per heavy atom. The standard InChI is InChI=1S/C32H36FN5O2S/c1-3-36(4-2)29(39)20-40-26-12-5-22(6-13-26)23-7-14-27-28(19-23)41-32-30(27)31(34-21-35-32)38-17-15-37(16-18-38)25-10-8-24(33)9-11-25/h5-6,8-13,21,23H,3-4,7,14-20H2,1-2H3. The van der Waals surface area contributed by atoms with Crippen LogP contribution in [0.3, 0.4) is 0 Å². The van der Waals surface area contributed by atoms with Crippen molar-refractivity contribution in [2.75, 3.05) is 55.7 Å². The molecular weight excluding hydrogens is 537 g/mol. The summed E-state index contributed by atoms with van der Waals surface area (Å²) in [7, 11) is 0. The number of halogens is 1. The summed E-state index contributed by atoms with van der Waals surface area (Å²) < 4.78 is 19.1. The number of carbonyl (C=O) groups excluding carboxylic acids is 1. The molecule has 214 valence electrons. The lowest BCUT2D eigenvalue weighted by atomic mass is 9.83. The van der Waals surface area contributed by atoms with Crippen LogP contribution in [0, 0.1) is 5.82 Å². The number of hydrogen-bond acceptors (Lipinski definition) is 7. The van der Waals surface area contributed by atoms with Gasteiger partial charge in [0.05, 0.1) is 5.39 Å². The summed E-state index contributed by atoms with van der Waals surface area (Å²) in [4.78, 5) is 30.7. The van der Waals surface area contributed by atoms with Crippen LogP contribution in [0.15, 0.2) is 54.9 Å². The van der Waals surface area contributed by atoms with E-state index in [9.17, 15) is 9.18 Å². The lowest BCUT2D eigenvalue weighted by Crippen LogP contribution is -2.47. The van der Waals surface area contributed by atoms with Gasteiger partial charge in [0.2, 0.25) is 0 Å². The van der Waals surface area contributed by atoms with Crippen LogP contribution in [0.4, 0.5) is 15.9 Å². The second kappa shape index (κ2) is 12.0. The molecule has 3 heterocycles. The summed E-state index contributed by atoms with van der Waals surface area (Å²) in [6.45, 7) is 8.89. The van der Waals surface area contributed by atoms with Gasteiger partial charge < -0.3 is 19.4 Å². The Balaban J connectivity index is 1.13. The van der Waals surface area contributed by atoms with Crippen LogP contribution in [-0.2, 0) is 17.6 Å². The fourth-order valence-corrected chi connectivity index (χ4v) is 7.36. The number of aromatic nitrogens is 2. The summed E-state index contributed by atoms with van der Waals surface area (Å²) in [6.07, 6.45) is 4.78. The number of amides is 1. The third-order valence-electron chi connectivity index (χ3n) is 8.43. The second-order valence-corrected chi connectivity index (χ2v) is 11.8. The molecule has 0 saturated carbocycles. The molecular formula is C32H36FN5O2S. The number of fused-ring (bicyclic) bond motifs is 3. The number of benzene rings is 2. The smallest absolute Gasteiger partial charge is 0.260 e. The lowest BCUT2D eigenvalue weighted by molar-refractivity contribution is -0.132. The van der Waals surface area contributed by atoms with E-state index in [1.807, 2.05) is 38.1 Å². The quantitative estimate of drug-likeness (QED) is 0.271. The Morgan fingerprint density at radius 3 is 2.41 bits per heavy atom. The highest BCUT2D eigenvalue weighted by Crippen LogP contribution is 2.43. The molecule has 1 aliphatic heterocycles. The summed E-state index contributed by atoms with van der Waals surface area (Å²) in [5, 5.41) is 1.22. The Labute approximate surface area is 244 Å². The van der Waals surface area contributed by atoms with E-state index in [1.54, 1.807) is 22.6 Å². The number of piperazine rings is 1. The minimum absolute atomic E-state index is 0.0147. The SMILES string of the molecule is CCN(CC)C(=O)COc1ccc(C2CCc3c(sc4ncnc(N5CCN(c6ccc(F)cc6)CC5)c34)C2)cc1. The van der Waals surface area contributed by atoms with E-state index >= 15 is 0 Å². The zero-order valence-electron chi connectivity index (χ0n) is 23.7. The predicted octanol–water partition coefficient (Wildman–Crippen LogP) is 5.68. The summed E-state index contributed by atoms with van der Waals surface area (Å²) in [5.41, 5.74) is 3.77. The molecule has 0 radical (unpaired) electrons. The Bertz CT molecular complexity index is 1500. The van der Waals surface area contributed by atoms with Crippen molar-refractivity contribution >= 4 is 39.0 Å². The number of carbonyl (C=O) groups is 1. The van der Waals surface area contributed by atoms with Crippen LogP contribution < -0.4 is 14.5 Å². The minimum atomic E-state index is -0.203. The van der Waals surface area contributed by atoms with Gasteiger partial charge in [0.15, 0.2) is 6.61 Å². The highest BCUT2D eigenvalue weighted by molar-refractivity contribution is 7.19. The number of hydrogen-bond donors (Lipinski definition) is 0. The van der Waals surface area contributed by atoms with Crippen molar-refractivity contribution in [3.63, 3.8) is 0 Å². The fraction of sp³-hybridized carbons (Fsp3) is 0.406. The molecule has 41 heavy (non-hydrogen) atoms.